The Morgan fingerprint density at radius 1 is 1.12 bits per heavy atom. The maximum Gasteiger partial charge on any atom is 0.451 e. The van der Waals surface area contributed by atoms with E-state index >= 15 is 0 Å². The first kappa shape index (κ1) is 18.4. The van der Waals surface area contributed by atoms with Crippen LogP contribution >= 0.6 is 0 Å². The zero-order chi connectivity index (χ0) is 17.6. The van der Waals surface area contributed by atoms with Crippen LogP contribution in [0.3, 0.4) is 0 Å². The molecule has 1 aromatic carbocycles. The number of rotatable bonds is 8. The van der Waals surface area contributed by atoms with Crippen LogP contribution in [0, 0.1) is 5.82 Å². The molecule has 0 atom stereocenters. The summed E-state index contributed by atoms with van der Waals surface area (Å²) in [5.74, 6) is -2.20. The van der Waals surface area contributed by atoms with Gasteiger partial charge in [-0.1, -0.05) is 19.4 Å². The number of alkyl halides is 3. The molecule has 0 aliphatic carbocycles. The van der Waals surface area contributed by atoms with Crippen molar-refractivity contribution < 1.29 is 22.3 Å². The van der Waals surface area contributed by atoms with Crippen molar-refractivity contribution in [2.75, 3.05) is 25.1 Å². The summed E-state index contributed by atoms with van der Waals surface area (Å²) in [5, 5.41) is 3.04. The molecule has 0 radical (unpaired) electrons. The quantitative estimate of drug-likeness (QED) is 0.569. The van der Waals surface area contributed by atoms with Gasteiger partial charge in [-0.15, -0.1) is 0 Å². The number of hydrogen-bond donors (Lipinski definition) is 1. The highest BCUT2D eigenvalue weighted by molar-refractivity contribution is 5.89. The highest BCUT2D eigenvalue weighted by Gasteiger charge is 2.35. The summed E-state index contributed by atoms with van der Waals surface area (Å²) in [6.45, 7) is 3.58. The molecule has 0 unspecified atom stereocenters. The van der Waals surface area contributed by atoms with Gasteiger partial charge in [0.1, 0.15) is 17.2 Å². The number of fused-ring (bicyclic) bond motifs is 1. The van der Waals surface area contributed by atoms with Gasteiger partial charge in [0.15, 0.2) is 0 Å². The number of hydrogen-bond acceptors (Lipinski definition) is 4. The van der Waals surface area contributed by atoms with Crippen LogP contribution in [-0.4, -0.2) is 29.7 Å². The lowest BCUT2D eigenvalue weighted by Gasteiger charge is -2.12. The van der Waals surface area contributed by atoms with Crippen LogP contribution in [0.15, 0.2) is 18.2 Å². The van der Waals surface area contributed by atoms with Gasteiger partial charge in [0, 0.05) is 25.1 Å². The summed E-state index contributed by atoms with van der Waals surface area (Å²) in [4.78, 5) is 6.81. The van der Waals surface area contributed by atoms with Gasteiger partial charge in [0.2, 0.25) is 5.82 Å². The number of aromatic nitrogens is 2. The van der Waals surface area contributed by atoms with Crippen molar-refractivity contribution in [2.24, 2.45) is 0 Å². The third-order valence-corrected chi connectivity index (χ3v) is 3.33. The molecule has 24 heavy (non-hydrogen) atoms. The molecule has 0 saturated heterocycles. The van der Waals surface area contributed by atoms with Gasteiger partial charge in [-0.05, 0) is 25.0 Å². The fourth-order valence-corrected chi connectivity index (χ4v) is 2.11. The molecule has 8 heteroatoms. The number of benzene rings is 1. The zero-order valence-electron chi connectivity index (χ0n) is 13.3. The van der Waals surface area contributed by atoms with Crippen LogP contribution in [0.2, 0.25) is 0 Å². The average Bonchev–Trinajstić information content (AvgIpc) is 2.53. The summed E-state index contributed by atoms with van der Waals surface area (Å²) < 4.78 is 57.9. The molecule has 1 heterocycles. The third kappa shape index (κ3) is 4.77. The Labute approximate surface area is 137 Å². The first-order valence-electron chi connectivity index (χ1n) is 7.78. The SMILES string of the molecule is CCCCOCCCNc1nc(C(F)(F)F)nc2c(F)cccc12. The lowest BCUT2D eigenvalue weighted by Crippen LogP contribution is -2.15. The van der Waals surface area contributed by atoms with Gasteiger partial charge in [0.05, 0.1) is 0 Å². The van der Waals surface area contributed by atoms with E-state index in [9.17, 15) is 17.6 Å². The summed E-state index contributed by atoms with van der Waals surface area (Å²) in [6.07, 6.45) is -2.13. The van der Waals surface area contributed by atoms with Crippen LogP contribution in [0.4, 0.5) is 23.4 Å². The van der Waals surface area contributed by atoms with Crippen LogP contribution in [0.1, 0.15) is 32.0 Å². The number of nitrogens with one attached hydrogen (secondary N) is 1. The minimum Gasteiger partial charge on any atom is -0.381 e. The molecule has 2 aromatic rings. The topological polar surface area (TPSA) is 47.0 Å². The first-order valence-corrected chi connectivity index (χ1v) is 7.78. The summed E-state index contributed by atoms with van der Waals surface area (Å²) in [7, 11) is 0. The molecule has 132 valence electrons. The number of halogens is 4. The van der Waals surface area contributed by atoms with Gasteiger partial charge in [0.25, 0.3) is 0 Å². The molecular formula is C16H19F4N3O. The van der Waals surface area contributed by atoms with Crippen LogP contribution < -0.4 is 5.32 Å². The predicted molar refractivity (Wildman–Crippen MR) is 83.3 cm³/mol. The van der Waals surface area contributed by atoms with Crippen molar-refractivity contribution in [1.82, 2.24) is 9.97 Å². The molecule has 0 spiro atoms. The molecule has 0 fully saturated rings. The summed E-state index contributed by atoms with van der Waals surface area (Å²) in [5.41, 5.74) is -0.346. The zero-order valence-corrected chi connectivity index (χ0v) is 13.3. The van der Waals surface area contributed by atoms with Crippen molar-refractivity contribution in [1.29, 1.82) is 0 Å². The fourth-order valence-electron chi connectivity index (χ4n) is 2.11. The Kier molecular flexibility index (Phi) is 6.30. The smallest absolute Gasteiger partial charge is 0.381 e. The molecule has 2 rings (SSSR count). The minimum atomic E-state index is -4.74. The Bertz CT molecular complexity index is 676. The highest BCUT2D eigenvalue weighted by atomic mass is 19.4. The number of para-hydroxylation sites is 1. The molecule has 0 bridgehead atoms. The standard InChI is InChI=1S/C16H19F4N3O/c1-2-3-9-24-10-5-8-21-14-11-6-4-7-12(17)13(11)22-15(23-14)16(18,19)20/h4,6-7H,2-3,5,8-10H2,1H3,(H,21,22,23). The average molecular weight is 345 g/mol. The molecule has 0 aliphatic heterocycles. The normalized spacial score (nSPS) is 11.9. The van der Waals surface area contributed by atoms with Gasteiger partial charge in [-0.2, -0.15) is 13.2 Å². The van der Waals surface area contributed by atoms with Gasteiger partial charge in [-0.25, -0.2) is 14.4 Å². The number of unbranched alkanes of at least 4 members (excludes halogenated alkanes) is 1. The van der Waals surface area contributed by atoms with E-state index in [2.05, 4.69) is 22.2 Å². The Hall–Kier alpha value is -1.96. The second-order valence-corrected chi connectivity index (χ2v) is 5.28. The maximum absolute atomic E-state index is 13.8. The van der Waals surface area contributed by atoms with E-state index in [0.717, 1.165) is 18.9 Å². The predicted octanol–water partition coefficient (Wildman–Crippen LogP) is 4.41. The highest BCUT2D eigenvalue weighted by Crippen LogP contribution is 2.31. The van der Waals surface area contributed by atoms with Crippen LogP contribution in [0.25, 0.3) is 10.9 Å². The number of nitrogens with zero attached hydrogens (tertiary/aromatic N) is 2. The summed E-state index contributed by atoms with van der Waals surface area (Å²) >= 11 is 0. The lowest BCUT2D eigenvalue weighted by molar-refractivity contribution is -0.144. The number of anilines is 1. The lowest BCUT2D eigenvalue weighted by atomic mass is 10.2. The van der Waals surface area contributed by atoms with Crippen molar-refractivity contribution in [2.45, 2.75) is 32.4 Å². The van der Waals surface area contributed by atoms with E-state index in [1.807, 2.05) is 0 Å². The maximum atomic E-state index is 13.8. The van der Waals surface area contributed by atoms with E-state index in [1.165, 1.54) is 12.1 Å². The van der Waals surface area contributed by atoms with Crippen molar-refractivity contribution in [3.8, 4) is 0 Å². The Morgan fingerprint density at radius 2 is 1.88 bits per heavy atom. The van der Waals surface area contributed by atoms with Gasteiger partial charge >= 0.3 is 6.18 Å². The van der Waals surface area contributed by atoms with E-state index < -0.39 is 17.8 Å². The van der Waals surface area contributed by atoms with E-state index in [0.29, 0.717) is 26.2 Å². The number of ether oxygens (including phenoxy) is 1. The fraction of sp³-hybridized carbons (Fsp3) is 0.500. The molecule has 0 aliphatic rings. The Morgan fingerprint density at radius 3 is 2.58 bits per heavy atom. The van der Waals surface area contributed by atoms with E-state index in [4.69, 9.17) is 4.74 Å². The van der Waals surface area contributed by atoms with Gasteiger partial charge in [-0.3, -0.25) is 0 Å². The second-order valence-electron chi connectivity index (χ2n) is 5.28. The molecule has 0 amide bonds. The molecule has 0 saturated carbocycles. The minimum absolute atomic E-state index is 0.0274. The summed E-state index contributed by atoms with van der Waals surface area (Å²) in [6, 6.07) is 3.97. The van der Waals surface area contributed by atoms with Crippen molar-refractivity contribution in [3.63, 3.8) is 0 Å². The molecular weight excluding hydrogens is 326 g/mol. The van der Waals surface area contributed by atoms with Crippen LogP contribution in [0.5, 0.6) is 0 Å². The second kappa shape index (κ2) is 8.23. The Balaban J connectivity index is 2.12. The van der Waals surface area contributed by atoms with Gasteiger partial charge < -0.3 is 10.1 Å². The monoisotopic (exact) mass is 345 g/mol. The first-order chi connectivity index (χ1) is 11.4. The molecule has 1 aromatic heterocycles. The van der Waals surface area contributed by atoms with Crippen molar-refractivity contribution in [3.05, 3.63) is 29.8 Å². The third-order valence-electron chi connectivity index (χ3n) is 3.33. The van der Waals surface area contributed by atoms with Crippen LogP contribution in [-0.2, 0) is 10.9 Å². The van der Waals surface area contributed by atoms with E-state index in [-0.39, 0.29) is 16.7 Å². The molecule has 4 nitrogen and oxygen atoms in total. The largest absolute Gasteiger partial charge is 0.451 e. The van der Waals surface area contributed by atoms with E-state index in [1.54, 1.807) is 0 Å². The van der Waals surface area contributed by atoms with Crippen molar-refractivity contribution >= 4 is 16.7 Å². The molecule has 1 N–H and O–H groups in total.